The van der Waals surface area contributed by atoms with Gasteiger partial charge in [0, 0.05) is 19.3 Å². The summed E-state index contributed by atoms with van der Waals surface area (Å²) in [5.41, 5.74) is 0.934. The molecule has 0 spiro atoms. The highest BCUT2D eigenvalue weighted by atomic mass is 19.4. The van der Waals surface area contributed by atoms with E-state index in [0.29, 0.717) is 11.8 Å². The van der Waals surface area contributed by atoms with Crippen LogP contribution < -0.4 is 10.2 Å². The molecule has 0 saturated heterocycles. The second-order valence-electron chi connectivity index (χ2n) is 8.15. The molecule has 1 fully saturated rings. The largest absolute Gasteiger partial charge is 0.476 e. The first-order valence-corrected chi connectivity index (χ1v) is 10.7. The summed E-state index contributed by atoms with van der Waals surface area (Å²) >= 11 is 0. The van der Waals surface area contributed by atoms with Crippen molar-refractivity contribution in [1.82, 2.24) is 24.7 Å². The zero-order valence-corrected chi connectivity index (χ0v) is 18.6. The molecule has 1 aliphatic rings. The smallest absolute Gasteiger partial charge is 0.411 e. The van der Waals surface area contributed by atoms with Crippen LogP contribution in [0, 0.1) is 6.92 Å². The van der Waals surface area contributed by atoms with Crippen molar-refractivity contribution in [2.75, 3.05) is 30.5 Å². The minimum atomic E-state index is -4.47. The van der Waals surface area contributed by atoms with Gasteiger partial charge in [-0.2, -0.15) is 23.3 Å². The molecule has 4 rings (SSSR count). The number of carbonyl (C=O) groups is 1. The molecule has 0 radical (unpaired) electrons. The molecule has 1 saturated carbocycles. The van der Waals surface area contributed by atoms with Crippen molar-refractivity contribution in [2.45, 2.75) is 44.9 Å². The summed E-state index contributed by atoms with van der Waals surface area (Å²) in [5.74, 6) is -0.270. The van der Waals surface area contributed by atoms with Gasteiger partial charge in [0.05, 0.1) is 13.2 Å². The van der Waals surface area contributed by atoms with Crippen LogP contribution in [0.5, 0.6) is 0 Å². The highest BCUT2D eigenvalue weighted by Crippen LogP contribution is 2.32. The zero-order valence-electron chi connectivity index (χ0n) is 18.6. The first-order valence-electron chi connectivity index (χ1n) is 10.7. The quantitative estimate of drug-likeness (QED) is 0.444. The maximum atomic E-state index is 12.4. The molecule has 3 heterocycles. The van der Waals surface area contributed by atoms with Crippen molar-refractivity contribution in [3.63, 3.8) is 0 Å². The zero-order chi connectivity index (χ0) is 24.5. The lowest BCUT2D eigenvalue weighted by Gasteiger charge is -2.34. The summed E-state index contributed by atoms with van der Waals surface area (Å²) in [6.45, 7) is 0.0182. The molecule has 0 amide bonds. The number of aryl methyl sites for hydroxylation is 1. The standard InChI is InChI=1S/C21H24F3N7O3/c1-12-6-7-25-14(10-12)26-18-17-15(27-20(28-18)30(2)13-4-3-5-13)16(19(32)33)29-31(17)8-9-34-11-21(22,23)24/h6-7,10,13H,3-5,8-9,11H2,1-2H3,(H,32,33)(H,25,26,27,28). The molecule has 0 unspecified atom stereocenters. The van der Waals surface area contributed by atoms with Crippen LogP contribution in [0.25, 0.3) is 11.0 Å². The van der Waals surface area contributed by atoms with E-state index >= 15 is 0 Å². The van der Waals surface area contributed by atoms with E-state index in [1.54, 1.807) is 12.3 Å². The summed E-state index contributed by atoms with van der Waals surface area (Å²) in [5, 5.41) is 16.9. The van der Waals surface area contributed by atoms with Gasteiger partial charge < -0.3 is 20.1 Å². The molecule has 1 aliphatic carbocycles. The molecule has 34 heavy (non-hydrogen) atoms. The summed E-state index contributed by atoms with van der Waals surface area (Å²) in [6.07, 6.45) is 0.184. The van der Waals surface area contributed by atoms with Gasteiger partial charge in [0.25, 0.3) is 0 Å². The number of hydrogen-bond acceptors (Lipinski definition) is 8. The lowest BCUT2D eigenvalue weighted by Crippen LogP contribution is -2.38. The van der Waals surface area contributed by atoms with Gasteiger partial charge in [-0.25, -0.2) is 14.8 Å². The van der Waals surface area contributed by atoms with Gasteiger partial charge in [0.1, 0.15) is 23.5 Å². The van der Waals surface area contributed by atoms with E-state index in [4.69, 9.17) is 4.74 Å². The maximum Gasteiger partial charge on any atom is 0.411 e. The van der Waals surface area contributed by atoms with Gasteiger partial charge in [-0.05, 0) is 43.9 Å². The Kier molecular flexibility index (Phi) is 6.55. The Morgan fingerprint density at radius 1 is 1.35 bits per heavy atom. The molecular formula is C21H24F3N7O3. The van der Waals surface area contributed by atoms with Crippen molar-refractivity contribution < 1.29 is 27.8 Å². The number of fused-ring (bicyclic) bond motifs is 1. The third-order valence-electron chi connectivity index (χ3n) is 5.59. The molecule has 13 heteroatoms. The van der Waals surface area contributed by atoms with E-state index < -0.39 is 18.8 Å². The Bertz CT molecular complexity index is 1190. The Morgan fingerprint density at radius 2 is 2.12 bits per heavy atom. The van der Waals surface area contributed by atoms with E-state index in [1.165, 1.54) is 4.68 Å². The average molecular weight is 479 g/mol. The van der Waals surface area contributed by atoms with Crippen molar-refractivity contribution in [1.29, 1.82) is 0 Å². The number of aromatic nitrogens is 5. The monoisotopic (exact) mass is 479 g/mol. The van der Waals surface area contributed by atoms with Crippen molar-refractivity contribution in [3.05, 3.63) is 29.6 Å². The van der Waals surface area contributed by atoms with Gasteiger partial charge in [-0.15, -0.1) is 0 Å². The van der Waals surface area contributed by atoms with Crippen molar-refractivity contribution >= 4 is 34.6 Å². The first-order chi connectivity index (χ1) is 16.1. The number of hydrogen-bond donors (Lipinski definition) is 2. The molecule has 3 aromatic heterocycles. The molecule has 2 N–H and O–H groups in total. The Labute approximate surface area is 192 Å². The van der Waals surface area contributed by atoms with E-state index in [9.17, 15) is 23.1 Å². The van der Waals surface area contributed by atoms with Crippen LogP contribution in [0.4, 0.5) is 30.8 Å². The summed E-state index contributed by atoms with van der Waals surface area (Å²) in [6, 6.07) is 3.84. The highest BCUT2D eigenvalue weighted by molar-refractivity contribution is 6.03. The van der Waals surface area contributed by atoms with Crippen LogP contribution in [-0.4, -0.2) is 68.3 Å². The number of halogens is 3. The van der Waals surface area contributed by atoms with E-state index in [-0.39, 0.29) is 41.7 Å². The molecular weight excluding hydrogens is 455 g/mol. The van der Waals surface area contributed by atoms with Crippen LogP contribution in [-0.2, 0) is 11.3 Å². The normalized spacial score (nSPS) is 14.3. The molecule has 0 bridgehead atoms. The third-order valence-corrected chi connectivity index (χ3v) is 5.59. The second-order valence-corrected chi connectivity index (χ2v) is 8.15. The summed E-state index contributed by atoms with van der Waals surface area (Å²) < 4.78 is 43.3. The molecule has 10 nitrogen and oxygen atoms in total. The minimum absolute atomic E-state index is 0.0784. The predicted molar refractivity (Wildman–Crippen MR) is 117 cm³/mol. The van der Waals surface area contributed by atoms with Crippen LogP contribution in [0.3, 0.4) is 0 Å². The highest BCUT2D eigenvalue weighted by Gasteiger charge is 2.29. The summed E-state index contributed by atoms with van der Waals surface area (Å²) in [7, 11) is 1.84. The van der Waals surface area contributed by atoms with Crippen LogP contribution in [0.1, 0.15) is 35.3 Å². The fourth-order valence-corrected chi connectivity index (χ4v) is 3.62. The van der Waals surface area contributed by atoms with E-state index in [1.807, 2.05) is 24.9 Å². The Hall–Kier alpha value is -3.48. The SMILES string of the molecule is Cc1ccnc(Nc2nc(N(C)C3CCC3)nc3c(C(=O)O)nn(CCOCC(F)(F)F)c23)c1. The van der Waals surface area contributed by atoms with Gasteiger partial charge in [0.2, 0.25) is 5.95 Å². The summed E-state index contributed by atoms with van der Waals surface area (Å²) in [4.78, 5) is 27.2. The molecule has 182 valence electrons. The van der Waals surface area contributed by atoms with Crippen LogP contribution in [0.2, 0.25) is 0 Å². The topological polar surface area (TPSA) is 118 Å². The van der Waals surface area contributed by atoms with Gasteiger partial charge in [-0.1, -0.05) is 0 Å². The fourth-order valence-electron chi connectivity index (χ4n) is 3.62. The average Bonchev–Trinajstić information content (AvgIpc) is 3.08. The number of aromatic carboxylic acids is 1. The third kappa shape index (κ3) is 5.19. The van der Waals surface area contributed by atoms with Crippen molar-refractivity contribution in [2.24, 2.45) is 0 Å². The Balaban J connectivity index is 1.77. The first kappa shape index (κ1) is 23.7. The molecule has 0 atom stereocenters. The fraction of sp³-hybridized carbons (Fsp3) is 0.476. The number of nitrogens with zero attached hydrogens (tertiary/aromatic N) is 6. The van der Waals surface area contributed by atoms with Gasteiger partial charge in [-0.3, -0.25) is 4.68 Å². The number of nitrogens with one attached hydrogen (secondary N) is 1. The number of carboxylic acid groups (broad SMARTS) is 1. The van der Waals surface area contributed by atoms with Gasteiger partial charge >= 0.3 is 12.1 Å². The number of anilines is 3. The van der Waals surface area contributed by atoms with E-state index in [2.05, 4.69) is 25.4 Å². The number of rotatable bonds is 9. The van der Waals surface area contributed by atoms with Crippen molar-refractivity contribution in [3.8, 4) is 0 Å². The number of pyridine rings is 1. The van der Waals surface area contributed by atoms with Crippen LogP contribution in [0.15, 0.2) is 18.3 Å². The van der Waals surface area contributed by atoms with E-state index in [0.717, 1.165) is 24.8 Å². The predicted octanol–water partition coefficient (Wildman–Crippen LogP) is 3.54. The minimum Gasteiger partial charge on any atom is -0.476 e. The second kappa shape index (κ2) is 9.41. The lowest BCUT2D eigenvalue weighted by molar-refractivity contribution is -0.174. The number of alkyl halides is 3. The number of ether oxygens (including phenoxy) is 1. The van der Waals surface area contributed by atoms with Crippen LogP contribution >= 0.6 is 0 Å². The number of carboxylic acids is 1. The Morgan fingerprint density at radius 3 is 2.74 bits per heavy atom. The molecule has 0 aliphatic heterocycles. The molecule has 0 aromatic carbocycles. The maximum absolute atomic E-state index is 12.4. The van der Waals surface area contributed by atoms with Gasteiger partial charge in [0.15, 0.2) is 11.5 Å². The lowest BCUT2D eigenvalue weighted by atomic mass is 9.92. The molecule has 3 aromatic rings.